The van der Waals surface area contributed by atoms with E-state index >= 15 is 0 Å². The Balaban J connectivity index is 2.89. The number of nitro groups is 1. The lowest BCUT2D eigenvalue weighted by Gasteiger charge is -2.27. The molecule has 0 aliphatic heterocycles. The van der Waals surface area contributed by atoms with Crippen molar-refractivity contribution in [1.29, 1.82) is 0 Å². The number of nitrogens with one attached hydrogen (secondary N) is 1. The van der Waals surface area contributed by atoms with Gasteiger partial charge in [0, 0.05) is 29.9 Å². The van der Waals surface area contributed by atoms with Gasteiger partial charge in [0.2, 0.25) is 0 Å². The summed E-state index contributed by atoms with van der Waals surface area (Å²) in [6.07, 6.45) is 1.67. The fourth-order valence-corrected chi connectivity index (χ4v) is 1.69. The molecule has 0 aromatic heterocycles. The number of anilines is 1. The molecule has 6 heteroatoms. The smallest absolute Gasteiger partial charge is 0.275 e. The number of rotatable bonds is 7. The Kier molecular flexibility index (Phi) is 5.11. The van der Waals surface area contributed by atoms with Crippen LogP contribution in [0.3, 0.4) is 0 Å². The number of ether oxygens (including phenoxy) is 1. The first-order chi connectivity index (χ1) is 8.94. The molecule has 0 saturated heterocycles. The molecule has 0 spiro atoms. The third-order valence-electron chi connectivity index (χ3n) is 3.39. The number of non-ortho nitro benzene ring substituents is 1. The molecule has 19 heavy (non-hydrogen) atoms. The molecule has 0 fully saturated rings. The van der Waals surface area contributed by atoms with Crippen LogP contribution in [0, 0.1) is 10.1 Å². The number of hydrogen-bond acceptors (Lipinski definition) is 5. The summed E-state index contributed by atoms with van der Waals surface area (Å²) in [5, 5.41) is 14.0. The van der Waals surface area contributed by atoms with Crippen LogP contribution >= 0.6 is 0 Å². The molecular formula is C13H21N3O3. The molecule has 3 N–H and O–H groups in total. The Hall–Kier alpha value is -1.82. The minimum Gasteiger partial charge on any atom is -0.496 e. The predicted octanol–water partition coefficient (Wildman–Crippen LogP) is 2.53. The van der Waals surface area contributed by atoms with Crippen LogP contribution in [0.2, 0.25) is 0 Å². The van der Waals surface area contributed by atoms with Crippen molar-refractivity contribution in [3.05, 3.63) is 28.3 Å². The average Bonchev–Trinajstić information content (AvgIpc) is 2.44. The molecule has 0 atom stereocenters. The number of methoxy groups -OCH3 is 1. The Morgan fingerprint density at radius 3 is 2.47 bits per heavy atom. The van der Waals surface area contributed by atoms with Crippen LogP contribution < -0.4 is 15.8 Å². The van der Waals surface area contributed by atoms with E-state index in [9.17, 15) is 10.1 Å². The number of nitro benzene ring substituents is 1. The Morgan fingerprint density at radius 1 is 1.37 bits per heavy atom. The van der Waals surface area contributed by atoms with Crippen molar-refractivity contribution in [1.82, 2.24) is 0 Å². The number of nitrogens with two attached hydrogens (primary N) is 1. The normalized spacial score (nSPS) is 11.2. The number of benzene rings is 1. The molecular weight excluding hydrogens is 246 g/mol. The molecule has 0 radical (unpaired) electrons. The molecule has 0 heterocycles. The zero-order valence-electron chi connectivity index (χ0n) is 11.6. The van der Waals surface area contributed by atoms with Gasteiger partial charge in [-0.05, 0) is 12.8 Å². The third-order valence-corrected chi connectivity index (χ3v) is 3.39. The van der Waals surface area contributed by atoms with Crippen LogP contribution in [0.1, 0.15) is 26.7 Å². The van der Waals surface area contributed by atoms with Crippen LogP contribution in [-0.2, 0) is 0 Å². The lowest BCUT2D eigenvalue weighted by Crippen LogP contribution is -2.45. The minimum atomic E-state index is -0.441. The maximum atomic E-state index is 10.8. The summed E-state index contributed by atoms with van der Waals surface area (Å²) < 4.78 is 5.05. The van der Waals surface area contributed by atoms with Crippen LogP contribution in [-0.4, -0.2) is 24.1 Å². The van der Waals surface area contributed by atoms with Crippen molar-refractivity contribution < 1.29 is 9.66 Å². The standard InChI is InChI=1S/C13H21N3O3/c1-4-13(14,5-2)9-15-10-6-11(16(17)18)8-12(7-10)19-3/h6-8,15H,4-5,9,14H2,1-3H3. The van der Waals surface area contributed by atoms with Crippen molar-refractivity contribution in [2.24, 2.45) is 5.73 Å². The summed E-state index contributed by atoms with van der Waals surface area (Å²) >= 11 is 0. The SMILES string of the molecule is CCC(N)(CC)CNc1cc(OC)cc([N+](=O)[O-])c1. The van der Waals surface area contributed by atoms with E-state index in [1.165, 1.54) is 19.2 Å². The average molecular weight is 267 g/mol. The molecule has 106 valence electrons. The van der Waals surface area contributed by atoms with E-state index in [4.69, 9.17) is 10.5 Å². The molecule has 0 aliphatic carbocycles. The fourth-order valence-electron chi connectivity index (χ4n) is 1.69. The van der Waals surface area contributed by atoms with E-state index in [0.717, 1.165) is 12.8 Å². The van der Waals surface area contributed by atoms with E-state index in [2.05, 4.69) is 5.32 Å². The van der Waals surface area contributed by atoms with Gasteiger partial charge in [-0.3, -0.25) is 10.1 Å². The number of nitrogens with zero attached hydrogens (tertiary/aromatic N) is 1. The highest BCUT2D eigenvalue weighted by molar-refractivity contribution is 5.56. The second kappa shape index (κ2) is 6.38. The highest BCUT2D eigenvalue weighted by Crippen LogP contribution is 2.26. The van der Waals surface area contributed by atoms with E-state index in [-0.39, 0.29) is 11.2 Å². The molecule has 6 nitrogen and oxygen atoms in total. The first-order valence-electron chi connectivity index (χ1n) is 6.30. The lowest BCUT2D eigenvalue weighted by atomic mass is 9.94. The first kappa shape index (κ1) is 15.2. The highest BCUT2D eigenvalue weighted by Gasteiger charge is 2.20. The second-order valence-corrected chi connectivity index (χ2v) is 4.60. The molecule has 1 aromatic rings. The van der Waals surface area contributed by atoms with Gasteiger partial charge in [-0.1, -0.05) is 13.8 Å². The molecule has 0 amide bonds. The Morgan fingerprint density at radius 2 is 2.00 bits per heavy atom. The monoisotopic (exact) mass is 267 g/mol. The van der Waals surface area contributed by atoms with Crippen molar-refractivity contribution in [2.45, 2.75) is 32.2 Å². The maximum Gasteiger partial charge on any atom is 0.275 e. The van der Waals surface area contributed by atoms with E-state index < -0.39 is 4.92 Å². The van der Waals surface area contributed by atoms with Crippen molar-refractivity contribution >= 4 is 11.4 Å². The van der Waals surface area contributed by atoms with Gasteiger partial charge in [-0.25, -0.2) is 0 Å². The summed E-state index contributed by atoms with van der Waals surface area (Å²) in [6.45, 7) is 4.61. The summed E-state index contributed by atoms with van der Waals surface area (Å²) in [5.74, 6) is 0.451. The van der Waals surface area contributed by atoms with E-state index in [1.54, 1.807) is 6.07 Å². The lowest BCUT2D eigenvalue weighted by molar-refractivity contribution is -0.384. The van der Waals surface area contributed by atoms with Crippen LogP contribution in [0.25, 0.3) is 0 Å². The van der Waals surface area contributed by atoms with Gasteiger partial charge < -0.3 is 15.8 Å². The van der Waals surface area contributed by atoms with E-state index in [0.29, 0.717) is 18.0 Å². The molecule has 0 aliphatic rings. The van der Waals surface area contributed by atoms with Gasteiger partial charge in [-0.2, -0.15) is 0 Å². The fraction of sp³-hybridized carbons (Fsp3) is 0.538. The van der Waals surface area contributed by atoms with Crippen molar-refractivity contribution in [2.75, 3.05) is 19.0 Å². The molecule has 0 unspecified atom stereocenters. The van der Waals surface area contributed by atoms with Gasteiger partial charge in [0.05, 0.1) is 18.1 Å². The van der Waals surface area contributed by atoms with Gasteiger partial charge in [0.25, 0.3) is 5.69 Å². The predicted molar refractivity (Wildman–Crippen MR) is 75.6 cm³/mol. The Bertz CT molecular complexity index is 445. The van der Waals surface area contributed by atoms with Crippen LogP contribution in [0.15, 0.2) is 18.2 Å². The first-order valence-corrected chi connectivity index (χ1v) is 6.30. The maximum absolute atomic E-state index is 10.8. The van der Waals surface area contributed by atoms with Crippen molar-refractivity contribution in [3.8, 4) is 5.75 Å². The van der Waals surface area contributed by atoms with Gasteiger partial charge >= 0.3 is 0 Å². The third kappa shape index (κ3) is 4.10. The molecule has 0 bridgehead atoms. The highest BCUT2D eigenvalue weighted by atomic mass is 16.6. The quantitative estimate of drug-likeness (QED) is 0.585. The van der Waals surface area contributed by atoms with Crippen LogP contribution in [0.5, 0.6) is 5.75 Å². The summed E-state index contributed by atoms with van der Waals surface area (Å²) in [7, 11) is 1.48. The van der Waals surface area contributed by atoms with Crippen molar-refractivity contribution in [3.63, 3.8) is 0 Å². The van der Waals surface area contributed by atoms with Crippen LogP contribution in [0.4, 0.5) is 11.4 Å². The zero-order valence-corrected chi connectivity index (χ0v) is 11.6. The molecule has 1 rings (SSSR count). The molecule has 0 saturated carbocycles. The largest absolute Gasteiger partial charge is 0.496 e. The minimum absolute atomic E-state index is 0.00234. The molecule has 1 aromatic carbocycles. The van der Waals surface area contributed by atoms with Gasteiger partial charge in [0.1, 0.15) is 5.75 Å². The zero-order chi connectivity index (χ0) is 14.5. The summed E-state index contributed by atoms with van der Waals surface area (Å²) in [6, 6.07) is 4.59. The summed E-state index contributed by atoms with van der Waals surface area (Å²) in [5.41, 5.74) is 6.52. The topological polar surface area (TPSA) is 90.4 Å². The van der Waals surface area contributed by atoms with Gasteiger partial charge in [-0.15, -0.1) is 0 Å². The van der Waals surface area contributed by atoms with Gasteiger partial charge in [0.15, 0.2) is 0 Å². The Labute approximate surface area is 113 Å². The summed E-state index contributed by atoms with van der Waals surface area (Å²) in [4.78, 5) is 10.4. The second-order valence-electron chi connectivity index (χ2n) is 4.60. The van der Waals surface area contributed by atoms with E-state index in [1.807, 2.05) is 13.8 Å². The number of hydrogen-bond donors (Lipinski definition) is 2.